The highest BCUT2D eigenvalue weighted by Gasteiger charge is 2.11. The molecule has 1 fully saturated rings. The van der Waals surface area contributed by atoms with E-state index >= 15 is 0 Å². The van der Waals surface area contributed by atoms with Crippen molar-refractivity contribution in [2.24, 2.45) is 0 Å². The maximum Gasteiger partial charge on any atom is 0.238 e. The molecule has 0 bridgehead atoms. The highest BCUT2D eigenvalue weighted by atomic mass is 16.1. The van der Waals surface area contributed by atoms with E-state index in [0.717, 1.165) is 31.7 Å². The Labute approximate surface area is 115 Å². The van der Waals surface area contributed by atoms with Gasteiger partial charge in [0.2, 0.25) is 5.91 Å². The maximum atomic E-state index is 11.6. The van der Waals surface area contributed by atoms with Crippen molar-refractivity contribution in [2.45, 2.75) is 26.2 Å². The van der Waals surface area contributed by atoms with Gasteiger partial charge in [0.1, 0.15) is 0 Å². The fourth-order valence-electron chi connectivity index (χ4n) is 2.31. The standard InChI is InChI=1S/C15H23N3O/c1-2-9-16-12-15(19)17-13-5-7-14(8-6-13)18-10-3-4-11-18/h5-8,16H,2-4,9-12H2,1H3,(H,17,19). The molecule has 1 amide bonds. The van der Waals surface area contributed by atoms with Crippen molar-refractivity contribution < 1.29 is 4.79 Å². The number of nitrogens with zero attached hydrogens (tertiary/aromatic N) is 1. The molecule has 2 N–H and O–H groups in total. The minimum Gasteiger partial charge on any atom is -0.372 e. The minimum atomic E-state index is 0.0161. The predicted octanol–water partition coefficient (Wildman–Crippen LogP) is 2.22. The Morgan fingerprint density at radius 3 is 2.53 bits per heavy atom. The summed E-state index contributed by atoms with van der Waals surface area (Å²) < 4.78 is 0. The highest BCUT2D eigenvalue weighted by Crippen LogP contribution is 2.21. The lowest BCUT2D eigenvalue weighted by Gasteiger charge is -2.17. The van der Waals surface area contributed by atoms with Crippen LogP contribution in [0.5, 0.6) is 0 Å². The molecule has 1 heterocycles. The second-order valence-corrected chi connectivity index (χ2v) is 4.97. The summed E-state index contributed by atoms with van der Waals surface area (Å²) in [5, 5.41) is 5.99. The van der Waals surface area contributed by atoms with Crippen LogP contribution in [0.4, 0.5) is 11.4 Å². The summed E-state index contributed by atoms with van der Waals surface area (Å²) in [7, 11) is 0. The summed E-state index contributed by atoms with van der Waals surface area (Å²) in [5.74, 6) is 0.0161. The van der Waals surface area contributed by atoms with Crippen LogP contribution < -0.4 is 15.5 Å². The Bertz CT molecular complexity index is 396. The van der Waals surface area contributed by atoms with Crippen molar-refractivity contribution in [3.63, 3.8) is 0 Å². The summed E-state index contributed by atoms with van der Waals surface area (Å²) in [6.07, 6.45) is 3.60. The lowest BCUT2D eigenvalue weighted by molar-refractivity contribution is -0.115. The molecule has 0 spiro atoms. The molecule has 1 aromatic rings. The number of nitrogens with one attached hydrogen (secondary N) is 2. The lowest BCUT2D eigenvalue weighted by atomic mass is 10.2. The fourth-order valence-corrected chi connectivity index (χ4v) is 2.31. The third-order valence-corrected chi connectivity index (χ3v) is 3.33. The van der Waals surface area contributed by atoms with Crippen LogP contribution in [-0.4, -0.2) is 32.1 Å². The van der Waals surface area contributed by atoms with Gasteiger partial charge in [0.05, 0.1) is 6.54 Å². The predicted molar refractivity (Wildman–Crippen MR) is 79.7 cm³/mol. The zero-order valence-corrected chi connectivity index (χ0v) is 11.6. The first-order chi connectivity index (χ1) is 9.29. The Morgan fingerprint density at radius 1 is 1.21 bits per heavy atom. The second-order valence-electron chi connectivity index (χ2n) is 4.97. The van der Waals surface area contributed by atoms with Gasteiger partial charge in [-0.1, -0.05) is 6.92 Å². The van der Waals surface area contributed by atoms with Crippen molar-refractivity contribution in [1.82, 2.24) is 5.32 Å². The molecule has 0 saturated carbocycles. The van der Waals surface area contributed by atoms with E-state index in [2.05, 4.69) is 34.6 Å². The Balaban J connectivity index is 1.82. The molecule has 0 atom stereocenters. The van der Waals surface area contributed by atoms with Crippen LogP contribution in [0, 0.1) is 0 Å². The van der Waals surface area contributed by atoms with Crippen molar-refractivity contribution in [3.8, 4) is 0 Å². The molecule has 0 unspecified atom stereocenters. The average Bonchev–Trinajstić information content (AvgIpc) is 2.94. The van der Waals surface area contributed by atoms with E-state index in [0.29, 0.717) is 6.54 Å². The van der Waals surface area contributed by atoms with Crippen LogP contribution in [0.3, 0.4) is 0 Å². The van der Waals surface area contributed by atoms with Crippen LogP contribution in [-0.2, 0) is 4.79 Å². The number of benzene rings is 1. The zero-order chi connectivity index (χ0) is 13.5. The van der Waals surface area contributed by atoms with Crippen LogP contribution in [0.2, 0.25) is 0 Å². The van der Waals surface area contributed by atoms with Gasteiger partial charge in [0.15, 0.2) is 0 Å². The second kappa shape index (κ2) is 7.14. The summed E-state index contributed by atoms with van der Waals surface area (Å²) in [4.78, 5) is 14.0. The fraction of sp³-hybridized carbons (Fsp3) is 0.533. The first-order valence-electron chi connectivity index (χ1n) is 7.15. The van der Waals surface area contributed by atoms with Crippen molar-refractivity contribution in [1.29, 1.82) is 0 Å². The highest BCUT2D eigenvalue weighted by molar-refractivity contribution is 5.92. The molecule has 1 aliphatic rings. The van der Waals surface area contributed by atoms with Crippen LogP contribution in [0.25, 0.3) is 0 Å². The van der Waals surface area contributed by atoms with Crippen LogP contribution >= 0.6 is 0 Å². The summed E-state index contributed by atoms with van der Waals surface area (Å²) in [5.41, 5.74) is 2.12. The van der Waals surface area contributed by atoms with Crippen molar-refractivity contribution in [3.05, 3.63) is 24.3 Å². The first-order valence-corrected chi connectivity index (χ1v) is 7.15. The molecule has 0 radical (unpaired) electrons. The third kappa shape index (κ3) is 4.24. The number of rotatable bonds is 6. The Kier molecular flexibility index (Phi) is 5.21. The molecule has 4 heteroatoms. The van der Waals surface area contributed by atoms with Crippen molar-refractivity contribution >= 4 is 17.3 Å². The SMILES string of the molecule is CCCNCC(=O)Nc1ccc(N2CCCC2)cc1. The van der Waals surface area contributed by atoms with Crippen LogP contribution in [0.1, 0.15) is 26.2 Å². The summed E-state index contributed by atoms with van der Waals surface area (Å²) in [6, 6.07) is 8.12. The average molecular weight is 261 g/mol. The molecule has 0 aliphatic carbocycles. The zero-order valence-electron chi connectivity index (χ0n) is 11.6. The lowest BCUT2D eigenvalue weighted by Crippen LogP contribution is -2.28. The molecule has 104 valence electrons. The molecular formula is C15H23N3O. The third-order valence-electron chi connectivity index (χ3n) is 3.33. The molecular weight excluding hydrogens is 238 g/mol. The molecule has 0 aromatic heterocycles. The topological polar surface area (TPSA) is 44.4 Å². The van der Waals surface area contributed by atoms with E-state index in [1.807, 2.05) is 12.1 Å². The number of amides is 1. The van der Waals surface area contributed by atoms with Gasteiger partial charge in [-0.3, -0.25) is 4.79 Å². The van der Waals surface area contributed by atoms with Gasteiger partial charge in [-0.05, 0) is 50.1 Å². The maximum absolute atomic E-state index is 11.6. The number of carbonyl (C=O) groups excluding carboxylic acids is 1. The van der Waals surface area contributed by atoms with Gasteiger partial charge in [-0.25, -0.2) is 0 Å². The Morgan fingerprint density at radius 2 is 1.89 bits per heavy atom. The minimum absolute atomic E-state index is 0.0161. The van der Waals surface area contributed by atoms with Gasteiger partial charge >= 0.3 is 0 Å². The summed E-state index contributed by atoms with van der Waals surface area (Å²) >= 11 is 0. The first kappa shape index (κ1) is 13.9. The van der Waals surface area contributed by atoms with Crippen molar-refractivity contribution in [2.75, 3.05) is 36.4 Å². The largest absolute Gasteiger partial charge is 0.372 e. The number of carbonyl (C=O) groups is 1. The van der Waals surface area contributed by atoms with Gasteiger partial charge < -0.3 is 15.5 Å². The van der Waals surface area contributed by atoms with E-state index in [1.54, 1.807) is 0 Å². The molecule has 2 rings (SSSR count). The number of hydrogen-bond donors (Lipinski definition) is 2. The molecule has 1 saturated heterocycles. The van der Waals surface area contributed by atoms with Gasteiger partial charge in [0, 0.05) is 24.5 Å². The molecule has 1 aliphatic heterocycles. The Hall–Kier alpha value is -1.55. The quantitative estimate of drug-likeness (QED) is 0.772. The number of anilines is 2. The van der Waals surface area contributed by atoms with E-state index < -0.39 is 0 Å². The van der Waals surface area contributed by atoms with E-state index in [4.69, 9.17) is 0 Å². The van der Waals surface area contributed by atoms with Gasteiger partial charge in [-0.2, -0.15) is 0 Å². The smallest absolute Gasteiger partial charge is 0.238 e. The monoisotopic (exact) mass is 261 g/mol. The van der Waals surface area contributed by atoms with Crippen LogP contribution in [0.15, 0.2) is 24.3 Å². The normalized spacial score (nSPS) is 14.7. The van der Waals surface area contributed by atoms with E-state index in [9.17, 15) is 4.79 Å². The molecule has 1 aromatic carbocycles. The van der Waals surface area contributed by atoms with Gasteiger partial charge in [0.25, 0.3) is 0 Å². The number of hydrogen-bond acceptors (Lipinski definition) is 3. The molecule has 4 nitrogen and oxygen atoms in total. The summed E-state index contributed by atoms with van der Waals surface area (Å²) in [6.45, 7) is 5.63. The van der Waals surface area contributed by atoms with E-state index in [-0.39, 0.29) is 5.91 Å². The molecule has 19 heavy (non-hydrogen) atoms. The van der Waals surface area contributed by atoms with Gasteiger partial charge in [-0.15, -0.1) is 0 Å². The van der Waals surface area contributed by atoms with E-state index in [1.165, 1.54) is 18.5 Å².